The van der Waals surface area contributed by atoms with Crippen molar-refractivity contribution in [2.75, 3.05) is 23.9 Å². The van der Waals surface area contributed by atoms with Crippen molar-refractivity contribution in [1.82, 2.24) is 14.9 Å². The smallest absolute Gasteiger partial charge is 0.250 e. The Hall–Kier alpha value is -3.14. The molecule has 0 bridgehead atoms. The molecule has 38 heavy (non-hydrogen) atoms. The fraction of sp³-hybridized carbons (Fsp3) is 0.148. The van der Waals surface area contributed by atoms with Gasteiger partial charge in [-0.1, -0.05) is 40.9 Å². The Balaban J connectivity index is 1.60. The van der Waals surface area contributed by atoms with Crippen LogP contribution in [0.2, 0.25) is 15.1 Å². The van der Waals surface area contributed by atoms with Crippen molar-refractivity contribution >= 4 is 69.4 Å². The minimum atomic E-state index is -0.316. The molecule has 5 rings (SSSR count). The maximum absolute atomic E-state index is 12.0. The molecule has 0 unspecified atom stereocenters. The first-order valence-electron chi connectivity index (χ1n) is 11.6. The molecule has 7 nitrogen and oxygen atoms in total. The van der Waals surface area contributed by atoms with Crippen LogP contribution in [0.1, 0.15) is 23.5 Å². The number of ether oxygens (including phenoxy) is 1. The summed E-state index contributed by atoms with van der Waals surface area (Å²) in [5.41, 5.74) is 3.75. The van der Waals surface area contributed by atoms with Crippen molar-refractivity contribution in [2.24, 2.45) is 0 Å². The molecule has 1 saturated heterocycles. The van der Waals surface area contributed by atoms with Gasteiger partial charge in [0.1, 0.15) is 12.6 Å². The first-order chi connectivity index (χ1) is 18.4. The predicted molar refractivity (Wildman–Crippen MR) is 156 cm³/mol. The number of carbonyl (C=O) groups is 1. The standard InChI is InChI=1S/C27H22Cl3N5O2S/c1-37-15-24(36)32-20-9-8-17(14-18(20)29)35-26(25(33-27(35)38)21-5-2-3-11-31-21)23-6-4-12-34(23)22-10-7-16(28)13-19(22)30/h2-14,25-26H,15H2,1H3,(H,32,36)(H,33,38)/t25-,26+/m0/s1. The molecule has 11 heteroatoms. The van der Waals surface area contributed by atoms with Gasteiger partial charge in [-0.2, -0.15) is 0 Å². The van der Waals surface area contributed by atoms with E-state index in [1.807, 2.05) is 58.1 Å². The van der Waals surface area contributed by atoms with E-state index in [0.717, 1.165) is 22.8 Å². The number of pyridine rings is 1. The third kappa shape index (κ3) is 5.23. The second kappa shape index (κ2) is 11.3. The Morgan fingerprint density at radius 1 is 1.08 bits per heavy atom. The maximum Gasteiger partial charge on any atom is 0.250 e. The molecule has 1 fully saturated rings. The van der Waals surface area contributed by atoms with Gasteiger partial charge in [0.15, 0.2) is 5.11 Å². The van der Waals surface area contributed by atoms with Crippen molar-refractivity contribution in [3.63, 3.8) is 0 Å². The molecule has 4 aromatic rings. The Bertz CT molecular complexity index is 1500. The molecule has 0 saturated carbocycles. The van der Waals surface area contributed by atoms with Crippen LogP contribution < -0.4 is 15.5 Å². The zero-order valence-electron chi connectivity index (χ0n) is 20.1. The third-order valence-corrected chi connectivity index (χ3v) is 7.30. The number of halogens is 3. The number of rotatable bonds is 7. The van der Waals surface area contributed by atoms with Crippen LogP contribution >= 0.6 is 47.0 Å². The molecule has 2 aromatic carbocycles. The number of thiocarbonyl (C=S) groups is 1. The van der Waals surface area contributed by atoms with Crippen LogP contribution in [0.25, 0.3) is 5.69 Å². The summed E-state index contributed by atoms with van der Waals surface area (Å²) in [4.78, 5) is 18.6. The Morgan fingerprint density at radius 3 is 2.63 bits per heavy atom. The zero-order chi connectivity index (χ0) is 26.8. The van der Waals surface area contributed by atoms with E-state index in [2.05, 4.69) is 15.6 Å². The van der Waals surface area contributed by atoms with Crippen LogP contribution in [0.3, 0.4) is 0 Å². The molecule has 3 heterocycles. The summed E-state index contributed by atoms with van der Waals surface area (Å²) >= 11 is 25.2. The monoisotopic (exact) mass is 585 g/mol. The fourth-order valence-corrected chi connectivity index (χ4v) is 5.60. The number of carbonyl (C=O) groups excluding carboxylic acids is 1. The summed E-state index contributed by atoms with van der Waals surface area (Å²) in [5.74, 6) is -0.300. The van der Waals surface area contributed by atoms with Gasteiger partial charge < -0.3 is 24.8 Å². The van der Waals surface area contributed by atoms with Gasteiger partial charge >= 0.3 is 0 Å². The lowest BCUT2D eigenvalue weighted by Crippen LogP contribution is -2.30. The molecule has 0 spiro atoms. The fourth-order valence-electron chi connectivity index (χ4n) is 4.54. The van der Waals surface area contributed by atoms with Crippen LogP contribution in [0.4, 0.5) is 11.4 Å². The van der Waals surface area contributed by atoms with Crippen molar-refractivity contribution in [1.29, 1.82) is 0 Å². The van der Waals surface area contributed by atoms with Crippen LogP contribution in [0.15, 0.2) is 79.1 Å². The molecule has 0 radical (unpaired) electrons. The average molecular weight is 587 g/mol. The van der Waals surface area contributed by atoms with Crippen molar-refractivity contribution in [2.45, 2.75) is 12.1 Å². The quantitative estimate of drug-likeness (QED) is 0.238. The van der Waals surface area contributed by atoms with E-state index in [1.165, 1.54) is 7.11 Å². The first kappa shape index (κ1) is 26.5. The average Bonchev–Trinajstić information content (AvgIpc) is 3.50. The predicted octanol–water partition coefficient (Wildman–Crippen LogP) is 6.59. The van der Waals surface area contributed by atoms with E-state index >= 15 is 0 Å². The van der Waals surface area contributed by atoms with Gasteiger partial charge in [0, 0.05) is 35.9 Å². The van der Waals surface area contributed by atoms with Gasteiger partial charge in [0.25, 0.3) is 0 Å². The van der Waals surface area contributed by atoms with Crippen LogP contribution in [0, 0.1) is 0 Å². The van der Waals surface area contributed by atoms with E-state index in [0.29, 0.717) is 25.9 Å². The van der Waals surface area contributed by atoms with E-state index in [1.54, 1.807) is 30.5 Å². The molecule has 2 aromatic heterocycles. The molecule has 2 N–H and O–H groups in total. The number of methoxy groups -OCH3 is 1. The van der Waals surface area contributed by atoms with Gasteiger partial charge in [-0.3, -0.25) is 9.78 Å². The Morgan fingerprint density at radius 2 is 1.92 bits per heavy atom. The molecule has 1 amide bonds. The van der Waals surface area contributed by atoms with Crippen LogP contribution in [-0.2, 0) is 9.53 Å². The minimum absolute atomic E-state index is 0.0731. The number of anilines is 2. The summed E-state index contributed by atoms with van der Waals surface area (Å²) in [6.07, 6.45) is 3.70. The number of nitrogens with one attached hydrogen (secondary N) is 2. The highest BCUT2D eigenvalue weighted by Gasteiger charge is 2.42. The highest BCUT2D eigenvalue weighted by atomic mass is 35.5. The molecule has 1 aliphatic heterocycles. The summed E-state index contributed by atoms with van der Waals surface area (Å²) < 4.78 is 6.91. The Kier molecular flexibility index (Phi) is 7.88. The highest BCUT2D eigenvalue weighted by molar-refractivity contribution is 7.80. The summed E-state index contributed by atoms with van der Waals surface area (Å²) in [5, 5.41) is 8.14. The van der Waals surface area contributed by atoms with Crippen molar-refractivity contribution < 1.29 is 9.53 Å². The van der Waals surface area contributed by atoms with Gasteiger partial charge in [0.05, 0.1) is 33.2 Å². The summed E-state index contributed by atoms with van der Waals surface area (Å²) in [6.45, 7) is -0.0731. The highest BCUT2D eigenvalue weighted by Crippen LogP contribution is 2.44. The van der Waals surface area contributed by atoms with Gasteiger partial charge in [-0.05, 0) is 72.9 Å². The summed E-state index contributed by atoms with van der Waals surface area (Å²) in [7, 11) is 1.46. The maximum atomic E-state index is 12.0. The lowest BCUT2D eigenvalue weighted by molar-refractivity contribution is -0.119. The van der Waals surface area contributed by atoms with Gasteiger partial charge in [-0.25, -0.2) is 0 Å². The van der Waals surface area contributed by atoms with Gasteiger partial charge in [-0.15, -0.1) is 0 Å². The molecule has 2 atom stereocenters. The van der Waals surface area contributed by atoms with Crippen molar-refractivity contribution in [3.8, 4) is 5.69 Å². The summed E-state index contributed by atoms with van der Waals surface area (Å²) in [6, 6.07) is 19.9. The van der Waals surface area contributed by atoms with E-state index in [9.17, 15) is 4.79 Å². The Labute approximate surface area is 240 Å². The second-order valence-electron chi connectivity index (χ2n) is 8.54. The van der Waals surface area contributed by atoms with E-state index < -0.39 is 0 Å². The molecule has 1 aliphatic rings. The SMILES string of the molecule is COCC(=O)Nc1ccc(N2C(=S)N[C@@H](c3ccccn3)[C@H]2c2cccn2-c2ccc(Cl)cc2Cl)cc1Cl. The van der Waals surface area contributed by atoms with Crippen molar-refractivity contribution in [3.05, 3.63) is 106 Å². The lowest BCUT2D eigenvalue weighted by atomic mass is 10.0. The number of nitrogens with zero attached hydrogens (tertiary/aromatic N) is 3. The third-order valence-electron chi connectivity index (χ3n) is 6.13. The second-order valence-corrected chi connectivity index (χ2v) is 10.2. The molecule has 0 aliphatic carbocycles. The lowest BCUT2D eigenvalue weighted by Gasteiger charge is -2.29. The largest absolute Gasteiger partial charge is 0.375 e. The minimum Gasteiger partial charge on any atom is -0.375 e. The molecular weight excluding hydrogens is 565 g/mol. The molecular formula is C27H22Cl3N5O2S. The molecule has 194 valence electrons. The number of aromatic nitrogens is 2. The number of amides is 1. The van der Waals surface area contributed by atoms with Gasteiger partial charge in [0.2, 0.25) is 5.91 Å². The number of hydrogen-bond acceptors (Lipinski definition) is 4. The van der Waals surface area contributed by atoms with Crippen LogP contribution in [0.5, 0.6) is 0 Å². The van der Waals surface area contributed by atoms with E-state index in [-0.39, 0.29) is 24.6 Å². The number of benzene rings is 2. The first-order valence-corrected chi connectivity index (χ1v) is 13.1. The zero-order valence-corrected chi connectivity index (χ0v) is 23.2. The number of hydrogen-bond donors (Lipinski definition) is 2. The normalized spacial score (nSPS) is 16.9. The van der Waals surface area contributed by atoms with Crippen LogP contribution in [-0.4, -0.2) is 34.3 Å². The van der Waals surface area contributed by atoms with E-state index in [4.69, 9.17) is 51.8 Å². The topological polar surface area (TPSA) is 71.4 Å².